The Morgan fingerprint density at radius 3 is 2.14 bits per heavy atom. The van der Waals surface area contributed by atoms with Gasteiger partial charge in [0, 0.05) is 74.0 Å². The van der Waals surface area contributed by atoms with Crippen LogP contribution in [0.15, 0.2) is 0 Å². The molecule has 0 amide bonds. The first-order valence-electron chi connectivity index (χ1n) is 11.3. The summed E-state index contributed by atoms with van der Waals surface area (Å²) < 4.78 is 0. The fourth-order valence-corrected chi connectivity index (χ4v) is 5.16. The van der Waals surface area contributed by atoms with E-state index in [1.165, 1.54) is 0 Å². The number of rotatable bonds is 9. The number of nitrogens with one attached hydrogen (secondary N) is 2. The molecule has 0 aromatic rings. The molecular weight excluding hydrogens is 348 g/mol. The Labute approximate surface area is 174 Å². The number of nitrogens with zero attached hydrogens (tertiary/aromatic N) is 3. The first-order chi connectivity index (χ1) is 12.9. The minimum atomic E-state index is 0.140. The summed E-state index contributed by atoms with van der Waals surface area (Å²) in [6, 6.07) is 3.29. The van der Waals surface area contributed by atoms with E-state index in [9.17, 15) is 0 Å². The molecule has 4 N–H and O–H groups in total. The van der Waals surface area contributed by atoms with Crippen LogP contribution < -0.4 is 16.4 Å². The molecule has 2 heterocycles. The van der Waals surface area contributed by atoms with Gasteiger partial charge in [-0.1, -0.05) is 13.8 Å². The zero-order valence-corrected chi connectivity index (χ0v) is 20.0. The van der Waals surface area contributed by atoms with Gasteiger partial charge in [-0.2, -0.15) is 0 Å². The Bertz CT molecular complexity index is 478. The fourth-order valence-electron chi connectivity index (χ4n) is 5.16. The molecule has 0 saturated carbocycles. The van der Waals surface area contributed by atoms with E-state index in [2.05, 4.69) is 87.9 Å². The van der Waals surface area contributed by atoms with Gasteiger partial charge in [0.15, 0.2) is 0 Å². The summed E-state index contributed by atoms with van der Waals surface area (Å²) in [6.45, 7) is 20.5. The molecule has 0 aromatic carbocycles. The molecule has 2 aliphatic heterocycles. The summed E-state index contributed by atoms with van der Waals surface area (Å²) in [5, 5.41) is 7.62. The number of likely N-dealkylation sites (tertiary alicyclic amines) is 2. The van der Waals surface area contributed by atoms with Gasteiger partial charge in [0.25, 0.3) is 0 Å². The second-order valence-corrected chi connectivity index (χ2v) is 10.8. The van der Waals surface area contributed by atoms with Gasteiger partial charge in [0.1, 0.15) is 0 Å². The summed E-state index contributed by atoms with van der Waals surface area (Å²) in [5.41, 5.74) is 6.58. The van der Waals surface area contributed by atoms with Crippen molar-refractivity contribution in [2.45, 2.75) is 103 Å². The van der Waals surface area contributed by atoms with E-state index < -0.39 is 0 Å². The van der Waals surface area contributed by atoms with Crippen molar-refractivity contribution < 1.29 is 0 Å². The van der Waals surface area contributed by atoms with Crippen LogP contribution in [-0.2, 0) is 0 Å². The van der Waals surface area contributed by atoms with Crippen LogP contribution >= 0.6 is 0 Å². The first kappa shape index (κ1) is 24.0. The average Bonchev–Trinajstić information content (AvgIpc) is 3.11. The molecule has 2 saturated heterocycles. The van der Waals surface area contributed by atoms with Crippen LogP contribution in [0.5, 0.6) is 0 Å². The molecule has 166 valence electrons. The zero-order valence-electron chi connectivity index (χ0n) is 20.0. The van der Waals surface area contributed by atoms with Crippen LogP contribution in [0.3, 0.4) is 0 Å². The minimum absolute atomic E-state index is 0.140. The summed E-state index contributed by atoms with van der Waals surface area (Å²) in [4.78, 5) is 7.58. The van der Waals surface area contributed by atoms with Gasteiger partial charge in [-0.25, -0.2) is 0 Å². The third kappa shape index (κ3) is 6.13. The molecule has 2 aliphatic rings. The summed E-state index contributed by atoms with van der Waals surface area (Å²) in [6.07, 6.45) is 1.13. The molecule has 0 aliphatic carbocycles. The fraction of sp³-hybridized carbons (Fsp3) is 1.00. The maximum atomic E-state index is 6.44. The molecule has 0 aromatic heterocycles. The van der Waals surface area contributed by atoms with Crippen molar-refractivity contribution >= 4 is 0 Å². The van der Waals surface area contributed by atoms with Crippen molar-refractivity contribution in [1.82, 2.24) is 25.3 Å². The largest absolute Gasteiger partial charge is 0.325 e. The molecule has 0 radical (unpaired) electrons. The third-order valence-corrected chi connectivity index (χ3v) is 6.78. The maximum absolute atomic E-state index is 6.44. The summed E-state index contributed by atoms with van der Waals surface area (Å²) in [5.74, 6) is 0. The molecule has 0 bridgehead atoms. The molecule has 2 rings (SSSR count). The molecule has 6 nitrogen and oxygen atoms in total. The predicted molar refractivity (Wildman–Crippen MR) is 121 cm³/mol. The van der Waals surface area contributed by atoms with E-state index in [0.29, 0.717) is 36.3 Å². The highest BCUT2D eigenvalue weighted by molar-refractivity contribution is 5.01. The summed E-state index contributed by atoms with van der Waals surface area (Å²) >= 11 is 0. The number of nitrogens with two attached hydrogens (primary N) is 1. The highest BCUT2D eigenvalue weighted by Crippen LogP contribution is 2.26. The van der Waals surface area contributed by atoms with E-state index in [-0.39, 0.29) is 11.6 Å². The number of hydrogen-bond donors (Lipinski definition) is 3. The van der Waals surface area contributed by atoms with E-state index in [0.717, 1.165) is 32.6 Å². The van der Waals surface area contributed by atoms with Crippen LogP contribution in [0.4, 0.5) is 0 Å². The minimum Gasteiger partial charge on any atom is -0.325 e. The Morgan fingerprint density at radius 2 is 1.61 bits per heavy atom. The first-order valence-corrected chi connectivity index (χ1v) is 11.3. The van der Waals surface area contributed by atoms with Crippen LogP contribution in [-0.4, -0.2) is 103 Å². The molecular formula is C22H48N6. The Hall–Kier alpha value is -0.240. The van der Waals surface area contributed by atoms with E-state index in [1.807, 2.05) is 0 Å². The van der Waals surface area contributed by atoms with Crippen molar-refractivity contribution in [1.29, 1.82) is 0 Å². The van der Waals surface area contributed by atoms with E-state index >= 15 is 0 Å². The maximum Gasteiger partial charge on any atom is 0.0383 e. The average molecular weight is 397 g/mol. The van der Waals surface area contributed by atoms with Crippen molar-refractivity contribution in [3.63, 3.8) is 0 Å². The van der Waals surface area contributed by atoms with Gasteiger partial charge in [-0.15, -0.1) is 0 Å². The standard InChI is InChI=1S/C22H48N6/c1-15(2)24-19-13-28(11-18(19)23)22(6,7)10-17(5)25-20-12-27(16(3)4)14-21(20)26(8)9/h15-21,24-25H,10-14,23H2,1-9H3. The predicted octanol–water partition coefficient (Wildman–Crippen LogP) is 1.17. The second kappa shape index (κ2) is 9.71. The highest BCUT2D eigenvalue weighted by atomic mass is 15.3. The number of likely N-dealkylation sites (N-methyl/N-ethyl adjacent to an activating group) is 1. The van der Waals surface area contributed by atoms with Gasteiger partial charge in [-0.3, -0.25) is 9.80 Å². The third-order valence-electron chi connectivity index (χ3n) is 6.78. The lowest BCUT2D eigenvalue weighted by Crippen LogP contribution is -2.53. The van der Waals surface area contributed by atoms with Crippen molar-refractivity contribution in [3.05, 3.63) is 0 Å². The van der Waals surface area contributed by atoms with Gasteiger partial charge < -0.3 is 21.3 Å². The Balaban J connectivity index is 1.93. The molecule has 2 fully saturated rings. The Morgan fingerprint density at radius 1 is 0.964 bits per heavy atom. The molecule has 28 heavy (non-hydrogen) atoms. The zero-order chi connectivity index (χ0) is 21.2. The lowest BCUT2D eigenvalue weighted by Gasteiger charge is -2.39. The van der Waals surface area contributed by atoms with Gasteiger partial charge >= 0.3 is 0 Å². The molecule has 5 unspecified atom stereocenters. The van der Waals surface area contributed by atoms with Crippen LogP contribution in [0.25, 0.3) is 0 Å². The van der Waals surface area contributed by atoms with Crippen molar-refractivity contribution in [2.24, 2.45) is 5.73 Å². The SMILES string of the molecule is CC(C)NC1CN(C(C)(C)CC(C)NC2CN(C(C)C)CC2N(C)C)CC1N. The lowest BCUT2D eigenvalue weighted by atomic mass is 9.93. The topological polar surface area (TPSA) is 59.8 Å². The van der Waals surface area contributed by atoms with Crippen molar-refractivity contribution in [3.8, 4) is 0 Å². The van der Waals surface area contributed by atoms with Crippen LogP contribution in [0.1, 0.15) is 54.9 Å². The van der Waals surface area contributed by atoms with Gasteiger partial charge in [-0.05, 0) is 55.1 Å². The molecule has 6 heteroatoms. The van der Waals surface area contributed by atoms with Crippen LogP contribution in [0, 0.1) is 0 Å². The normalized spacial score (nSPS) is 31.6. The smallest absolute Gasteiger partial charge is 0.0383 e. The molecule has 5 atom stereocenters. The molecule has 0 spiro atoms. The highest BCUT2D eigenvalue weighted by Gasteiger charge is 2.40. The van der Waals surface area contributed by atoms with Crippen molar-refractivity contribution in [2.75, 3.05) is 40.3 Å². The summed E-state index contributed by atoms with van der Waals surface area (Å²) in [7, 11) is 4.43. The van der Waals surface area contributed by atoms with Crippen LogP contribution in [0.2, 0.25) is 0 Å². The van der Waals surface area contributed by atoms with Gasteiger partial charge in [0.2, 0.25) is 0 Å². The Kier molecular flexibility index (Phi) is 8.34. The lowest BCUT2D eigenvalue weighted by molar-refractivity contribution is 0.122. The van der Waals surface area contributed by atoms with E-state index in [4.69, 9.17) is 5.73 Å². The second-order valence-electron chi connectivity index (χ2n) is 10.8. The monoisotopic (exact) mass is 396 g/mol. The van der Waals surface area contributed by atoms with Gasteiger partial charge in [0.05, 0.1) is 0 Å². The number of hydrogen-bond acceptors (Lipinski definition) is 6. The quantitative estimate of drug-likeness (QED) is 0.544. The van der Waals surface area contributed by atoms with E-state index in [1.54, 1.807) is 0 Å².